The molecular weight excluding hydrogens is 693 g/mol. The predicted molar refractivity (Wildman–Crippen MR) is 237 cm³/mol. The first kappa shape index (κ1) is 32.8. The van der Waals surface area contributed by atoms with Crippen LogP contribution >= 0.6 is 0 Å². The summed E-state index contributed by atoms with van der Waals surface area (Å²) in [5.41, 5.74) is 14.3. The lowest BCUT2D eigenvalue weighted by Crippen LogP contribution is -1.95. The van der Waals surface area contributed by atoms with Gasteiger partial charge in [-0.3, -0.25) is 0 Å². The average Bonchev–Trinajstić information content (AvgIpc) is 3.68. The molecule has 0 fully saturated rings. The van der Waals surface area contributed by atoms with Crippen molar-refractivity contribution in [3.63, 3.8) is 0 Å². The lowest BCUT2D eigenvalue weighted by Gasteiger charge is -2.13. The predicted octanol–water partition coefficient (Wildman–Crippen LogP) is 14.7. The zero-order chi connectivity index (χ0) is 37.7. The Morgan fingerprint density at radius 2 is 0.772 bits per heavy atom. The number of nitrogens with zero attached hydrogens (tertiary/aromatic N) is 2. The number of furan rings is 1. The monoisotopic (exact) mass is 726 g/mol. The molecule has 266 valence electrons. The van der Waals surface area contributed by atoms with Crippen molar-refractivity contribution in [2.45, 2.75) is 0 Å². The molecule has 0 bridgehead atoms. The fraction of sp³-hybridized carbons (Fsp3) is 0. The molecule has 3 nitrogen and oxygen atoms in total. The summed E-state index contributed by atoms with van der Waals surface area (Å²) >= 11 is 0. The molecule has 0 amide bonds. The standard InChI is InChI=1S/C54H34N2O/c1-3-14-35(15-4-1)43-32-44(36-16-5-2-6-17-36)34-45(33-43)41-23-11-21-39(30-41)40-22-12-24-42(31-40)50-53-51(49-29-28-38-19-8-10-26-47(38)52(49)57-53)56-54(55-50)48-27-13-20-37-18-7-9-25-46(37)48/h1-34H. The molecule has 0 aliphatic heterocycles. The Bertz CT molecular complexity index is 3230. The molecule has 0 saturated heterocycles. The van der Waals surface area contributed by atoms with E-state index in [1.54, 1.807) is 0 Å². The minimum absolute atomic E-state index is 0.671. The van der Waals surface area contributed by atoms with Gasteiger partial charge in [-0.15, -0.1) is 0 Å². The fourth-order valence-corrected chi connectivity index (χ4v) is 8.22. The van der Waals surface area contributed by atoms with Gasteiger partial charge in [-0.05, 0) is 97.1 Å². The Labute approximate surface area is 330 Å². The van der Waals surface area contributed by atoms with Gasteiger partial charge in [0.15, 0.2) is 11.4 Å². The number of benzene rings is 9. The summed E-state index contributed by atoms with van der Waals surface area (Å²) in [4.78, 5) is 10.6. The van der Waals surface area contributed by atoms with Crippen LogP contribution in [0.3, 0.4) is 0 Å². The minimum atomic E-state index is 0.671. The molecule has 0 spiro atoms. The normalized spacial score (nSPS) is 11.5. The van der Waals surface area contributed by atoms with Gasteiger partial charge < -0.3 is 4.42 Å². The molecule has 2 heterocycles. The van der Waals surface area contributed by atoms with E-state index in [-0.39, 0.29) is 0 Å². The molecule has 2 aromatic heterocycles. The van der Waals surface area contributed by atoms with E-state index < -0.39 is 0 Å². The fourth-order valence-electron chi connectivity index (χ4n) is 8.22. The zero-order valence-corrected chi connectivity index (χ0v) is 30.9. The second kappa shape index (κ2) is 13.6. The van der Waals surface area contributed by atoms with Crippen molar-refractivity contribution >= 4 is 43.6 Å². The Hall–Kier alpha value is -7.62. The minimum Gasteiger partial charge on any atom is -0.451 e. The first-order valence-electron chi connectivity index (χ1n) is 19.3. The van der Waals surface area contributed by atoms with Crippen molar-refractivity contribution in [3.8, 4) is 67.2 Å². The quantitative estimate of drug-likeness (QED) is 0.171. The van der Waals surface area contributed by atoms with Crippen LogP contribution in [0.1, 0.15) is 0 Å². The van der Waals surface area contributed by atoms with Gasteiger partial charge in [0.05, 0.1) is 0 Å². The van der Waals surface area contributed by atoms with Crippen LogP contribution in [-0.4, -0.2) is 9.97 Å². The highest BCUT2D eigenvalue weighted by molar-refractivity contribution is 6.16. The van der Waals surface area contributed by atoms with Crippen molar-refractivity contribution in [3.05, 3.63) is 206 Å². The highest BCUT2D eigenvalue weighted by Crippen LogP contribution is 2.41. The van der Waals surface area contributed by atoms with E-state index in [1.165, 1.54) is 27.8 Å². The molecule has 0 aliphatic rings. The van der Waals surface area contributed by atoms with Crippen molar-refractivity contribution < 1.29 is 4.42 Å². The number of rotatable bonds is 6. The summed E-state index contributed by atoms with van der Waals surface area (Å²) in [5.74, 6) is 0.671. The zero-order valence-electron chi connectivity index (χ0n) is 30.9. The molecule has 0 N–H and O–H groups in total. The van der Waals surface area contributed by atoms with Gasteiger partial charge in [0.1, 0.15) is 16.8 Å². The van der Waals surface area contributed by atoms with Crippen LogP contribution < -0.4 is 0 Å². The topological polar surface area (TPSA) is 38.9 Å². The van der Waals surface area contributed by atoms with Crippen LogP contribution in [0.2, 0.25) is 0 Å². The third kappa shape index (κ3) is 5.85. The van der Waals surface area contributed by atoms with Crippen molar-refractivity contribution in [2.24, 2.45) is 0 Å². The lowest BCUT2D eigenvalue weighted by molar-refractivity contribution is 0.671. The largest absolute Gasteiger partial charge is 0.451 e. The SMILES string of the molecule is c1ccc(-c2cc(-c3ccccc3)cc(-c3cccc(-c4cccc(-c5nc(-c6cccc7ccccc67)nc6c5oc5c7ccccc7ccc65)c4)c3)c2)cc1. The van der Waals surface area contributed by atoms with Gasteiger partial charge in [0.2, 0.25) is 0 Å². The molecule has 0 aliphatic carbocycles. The molecule has 57 heavy (non-hydrogen) atoms. The van der Waals surface area contributed by atoms with Crippen LogP contribution in [-0.2, 0) is 0 Å². The van der Waals surface area contributed by atoms with Crippen LogP contribution in [0.5, 0.6) is 0 Å². The summed E-state index contributed by atoms with van der Waals surface area (Å²) in [6.07, 6.45) is 0. The van der Waals surface area contributed by atoms with Gasteiger partial charge in [0.25, 0.3) is 0 Å². The Morgan fingerprint density at radius 1 is 0.298 bits per heavy atom. The third-order valence-corrected chi connectivity index (χ3v) is 11.0. The summed E-state index contributed by atoms with van der Waals surface area (Å²) in [7, 11) is 0. The van der Waals surface area contributed by atoms with E-state index in [2.05, 4.69) is 206 Å². The number of fused-ring (bicyclic) bond motifs is 6. The van der Waals surface area contributed by atoms with E-state index >= 15 is 0 Å². The highest BCUT2D eigenvalue weighted by atomic mass is 16.3. The Morgan fingerprint density at radius 3 is 1.46 bits per heavy atom. The summed E-state index contributed by atoms with van der Waals surface area (Å²) in [6, 6.07) is 73.0. The second-order valence-electron chi connectivity index (χ2n) is 14.6. The molecule has 11 rings (SSSR count). The van der Waals surface area contributed by atoms with Crippen LogP contribution in [0.25, 0.3) is 111 Å². The Balaban J connectivity index is 1.08. The van der Waals surface area contributed by atoms with E-state index in [9.17, 15) is 0 Å². The summed E-state index contributed by atoms with van der Waals surface area (Å²) in [5, 5.41) is 5.42. The van der Waals surface area contributed by atoms with Gasteiger partial charge in [-0.2, -0.15) is 0 Å². The van der Waals surface area contributed by atoms with E-state index in [0.717, 1.165) is 71.5 Å². The molecule has 0 saturated carbocycles. The van der Waals surface area contributed by atoms with Gasteiger partial charge in [-0.25, -0.2) is 9.97 Å². The van der Waals surface area contributed by atoms with Gasteiger partial charge in [0, 0.05) is 21.9 Å². The third-order valence-electron chi connectivity index (χ3n) is 11.0. The number of hydrogen-bond donors (Lipinski definition) is 0. The molecule has 9 aromatic carbocycles. The number of hydrogen-bond acceptors (Lipinski definition) is 3. The molecule has 3 heteroatoms. The molecule has 11 aromatic rings. The van der Waals surface area contributed by atoms with Crippen molar-refractivity contribution in [1.82, 2.24) is 9.97 Å². The average molecular weight is 727 g/mol. The molecular formula is C54H34N2O. The van der Waals surface area contributed by atoms with Crippen molar-refractivity contribution in [1.29, 1.82) is 0 Å². The first-order valence-corrected chi connectivity index (χ1v) is 19.3. The van der Waals surface area contributed by atoms with E-state index in [0.29, 0.717) is 11.4 Å². The number of aromatic nitrogens is 2. The van der Waals surface area contributed by atoms with Crippen LogP contribution in [0.4, 0.5) is 0 Å². The van der Waals surface area contributed by atoms with Crippen molar-refractivity contribution in [2.75, 3.05) is 0 Å². The lowest BCUT2D eigenvalue weighted by atomic mass is 9.92. The maximum absolute atomic E-state index is 6.82. The maximum Gasteiger partial charge on any atom is 0.180 e. The highest BCUT2D eigenvalue weighted by Gasteiger charge is 2.21. The summed E-state index contributed by atoms with van der Waals surface area (Å²) < 4.78 is 6.82. The smallest absolute Gasteiger partial charge is 0.180 e. The maximum atomic E-state index is 6.82. The first-order chi connectivity index (χ1) is 28.2. The van der Waals surface area contributed by atoms with Gasteiger partial charge >= 0.3 is 0 Å². The molecule has 0 atom stereocenters. The van der Waals surface area contributed by atoms with E-state index in [1.807, 2.05) is 0 Å². The van der Waals surface area contributed by atoms with Crippen LogP contribution in [0.15, 0.2) is 211 Å². The second-order valence-corrected chi connectivity index (χ2v) is 14.6. The summed E-state index contributed by atoms with van der Waals surface area (Å²) in [6.45, 7) is 0. The molecule has 0 unspecified atom stereocenters. The Kier molecular flexibility index (Phi) is 7.82. The van der Waals surface area contributed by atoms with Gasteiger partial charge in [-0.1, -0.05) is 170 Å². The van der Waals surface area contributed by atoms with E-state index in [4.69, 9.17) is 14.4 Å². The van der Waals surface area contributed by atoms with Crippen LogP contribution in [0, 0.1) is 0 Å². The molecule has 0 radical (unpaired) electrons.